The zero-order valence-corrected chi connectivity index (χ0v) is 34.9. The maximum absolute atomic E-state index is 12.5. The van der Waals surface area contributed by atoms with Gasteiger partial charge in [-0.15, -0.1) is 22.1 Å². The number of carboxylic acids is 3. The van der Waals surface area contributed by atoms with Crippen LogP contribution in [0.1, 0.15) is 95.4 Å². The van der Waals surface area contributed by atoms with E-state index >= 15 is 0 Å². The monoisotopic (exact) mass is 723 g/mol. The van der Waals surface area contributed by atoms with E-state index in [9.17, 15) is 29.7 Å². The molecule has 0 saturated heterocycles. The van der Waals surface area contributed by atoms with Gasteiger partial charge in [-0.1, -0.05) is 48.9 Å². The number of allylic oxidation sites excluding steroid dienone is 4. The molecule has 1 N–H and O–H groups in total. The number of aryl methyl sites for hydroxylation is 2. The van der Waals surface area contributed by atoms with Crippen LogP contribution in [0.5, 0.6) is 0 Å². The Morgan fingerprint density at radius 3 is 2.02 bits per heavy atom. The molecule has 13 heteroatoms. The van der Waals surface area contributed by atoms with Gasteiger partial charge >= 0.3 is 126 Å². The second-order valence-corrected chi connectivity index (χ2v) is 10.9. The molecule has 5 heterocycles. The van der Waals surface area contributed by atoms with Crippen molar-refractivity contribution in [3.8, 4) is 0 Å². The van der Waals surface area contributed by atoms with Gasteiger partial charge in [0.25, 0.3) is 0 Å². The minimum Gasteiger partial charge on any atom is -0.657 e. The fourth-order valence-corrected chi connectivity index (χ4v) is 5.97. The van der Waals surface area contributed by atoms with Gasteiger partial charge in [0.1, 0.15) is 0 Å². The van der Waals surface area contributed by atoms with Gasteiger partial charge in [0, 0.05) is 5.97 Å². The van der Waals surface area contributed by atoms with Gasteiger partial charge < -0.3 is 34.9 Å². The predicted molar refractivity (Wildman–Crippen MR) is 164 cm³/mol. The number of aliphatic carboxylic acids is 2. The number of rotatable bonds is 8. The molecule has 0 fully saturated rings. The molecule has 0 aliphatic carbocycles. The van der Waals surface area contributed by atoms with Crippen LogP contribution >= 0.6 is 0 Å². The second kappa shape index (κ2) is 17.0. The Kier molecular flexibility index (Phi) is 15.1. The summed E-state index contributed by atoms with van der Waals surface area (Å²) < 4.78 is 0. The third-order valence-corrected chi connectivity index (χ3v) is 8.34. The molecule has 1 radical (unpaired) electrons. The molecule has 0 spiro atoms. The molecule has 3 aromatic rings. The fourth-order valence-electron chi connectivity index (χ4n) is 5.97. The first-order valence-corrected chi connectivity index (χ1v) is 14.2. The summed E-state index contributed by atoms with van der Waals surface area (Å²) in [5, 5.41) is 34.0. The number of hydrogen-bond acceptors (Lipinski definition) is 7. The molecule has 0 aromatic carbocycles. The molecule has 10 nitrogen and oxygen atoms in total. The van der Waals surface area contributed by atoms with Gasteiger partial charge in [-0.25, -0.2) is 9.97 Å². The van der Waals surface area contributed by atoms with Gasteiger partial charge in [-0.2, -0.15) is 0 Å². The van der Waals surface area contributed by atoms with E-state index in [0.717, 1.165) is 22.3 Å². The minimum absolute atomic E-state index is 0. The van der Waals surface area contributed by atoms with Crippen molar-refractivity contribution in [2.75, 3.05) is 0 Å². The van der Waals surface area contributed by atoms with Crippen LogP contribution in [0.15, 0.2) is 24.8 Å². The maximum Gasteiger partial charge on any atom is 2.00 e. The van der Waals surface area contributed by atoms with E-state index in [-0.39, 0.29) is 155 Å². The molecule has 2 aliphatic heterocycles. The first-order chi connectivity index (χ1) is 20.9. The van der Waals surface area contributed by atoms with Crippen LogP contribution < -0.4 is 123 Å². The minimum atomic E-state index is -1.52. The zero-order chi connectivity index (χ0) is 32.0. The normalized spacial score (nSPS) is 12.2. The van der Waals surface area contributed by atoms with Crippen LogP contribution in [0.3, 0.4) is 0 Å². The SMILES string of the molecule is C=Cc1c(C)c2cc3nc(c(CC(=O)O)c4[n-]c(cc5nc(cc1[n-]2)C(C)=C5CC)c(C)c4C(=O)[O-])C(CCC(=O)[O-])=C3C.[K+].[K+].[Mn+2]. The van der Waals surface area contributed by atoms with Gasteiger partial charge in [0.15, 0.2) is 0 Å². The summed E-state index contributed by atoms with van der Waals surface area (Å²) in [6.07, 6.45) is 1.39. The first kappa shape index (κ1) is 41.7. The Labute approximate surface area is 368 Å². The average Bonchev–Trinajstić information content (AvgIpc) is 3.63. The average molecular weight is 724 g/mol. The number of carbonyl (C=O) groups is 3. The Hall–Kier alpha value is -1.46. The number of aromatic nitrogens is 4. The predicted octanol–water partition coefficient (Wildman–Crippen LogP) is -2.37. The molecule has 47 heavy (non-hydrogen) atoms. The van der Waals surface area contributed by atoms with Crippen molar-refractivity contribution >= 4 is 68.3 Å². The van der Waals surface area contributed by atoms with Crippen LogP contribution in [-0.4, -0.2) is 33.0 Å². The van der Waals surface area contributed by atoms with Crippen molar-refractivity contribution in [1.29, 1.82) is 0 Å². The zero-order valence-electron chi connectivity index (χ0n) is 27.5. The summed E-state index contributed by atoms with van der Waals surface area (Å²) in [5.41, 5.74) is 8.09. The van der Waals surface area contributed by atoms with Gasteiger partial charge in [-0.05, 0) is 85.9 Å². The molecule has 5 rings (SSSR count). The molecule has 0 saturated carbocycles. The first-order valence-electron chi connectivity index (χ1n) is 14.2. The van der Waals surface area contributed by atoms with Crippen molar-refractivity contribution in [2.45, 2.75) is 60.3 Å². The smallest absolute Gasteiger partial charge is 0.657 e. The molecule has 2 aliphatic rings. The second-order valence-electron chi connectivity index (χ2n) is 10.9. The molecule has 0 unspecified atom stereocenters. The van der Waals surface area contributed by atoms with Gasteiger partial charge in [0.2, 0.25) is 0 Å². The largest absolute Gasteiger partial charge is 2.00 e. The number of fused-ring (bicyclic) bond motifs is 8. The Bertz CT molecular complexity index is 2040. The summed E-state index contributed by atoms with van der Waals surface area (Å²) in [4.78, 5) is 55.4. The summed E-state index contributed by atoms with van der Waals surface area (Å²) in [6, 6.07) is 5.34. The number of nitrogens with zero attached hydrogens (tertiary/aromatic N) is 4. The van der Waals surface area contributed by atoms with Crippen LogP contribution in [0.4, 0.5) is 0 Å². The Morgan fingerprint density at radius 2 is 1.45 bits per heavy atom. The van der Waals surface area contributed by atoms with E-state index in [1.165, 1.54) is 0 Å². The molecular formula is C34H30K2MnN4O6. The van der Waals surface area contributed by atoms with Crippen molar-refractivity contribution in [1.82, 2.24) is 19.9 Å². The van der Waals surface area contributed by atoms with E-state index in [1.807, 2.05) is 26.8 Å². The maximum atomic E-state index is 12.5. The van der Waals surface area contributed by atoms with E-state index in [4.69, 9.17) is 15.0 Å². The van der Waals surface area contributed by atoms with Gasteiger partial charge in [0.05, 0.1) is 35.2 Å². The Balaban J connectivity index is 0.00000256. The van der Waals surface area contributed by atoms with E-state index in [0.29, 0.717) is 56.8 Å². The van der Waals surface area contributed by atoms with Crippen LogP contribution in [0.25, 0.3) is 50.4 Å². The van der Waals surface area contributed by atoms with Crippen LogP contribution in [-0.2, 0) is 33.1 Å². The van der Waals surface area contributed by atoms with Crippen molar-refractivity contribution < 1.29 is 150 Å². The summed E-state index contributed by atoms with van der Waals surface area (Å²) in [6.45, 7) is 13.2. The third kappa shape index (κ3) is 8.14. The summed E-state index contributed by atoms with van der Waals surface area (Å²) in [7, 11) is 0. The quantitative estimate of drug-likeness (QED) is 0.248. The molecule has 8 bridgehead atoms. The van der Waals surface area contributed by atoms with Gasteiger partial charge in [-0.3, -0.25) is 4.79 Å². The molecule has 231 valence electrons. The van der Waals surface area contributed by atoms with Crippen molar-refractivity contribution in [3.05, 3.63) is 75.4 Å². The standard InChI is InChI=1S/C34H34N4O6.2K.Mn/c1-7-19-15(3)23-12-25-17(5)21(9-10-29(39)40)32(37-25)22(11-30(41)42)33-31(34(43)44)18(6)26(38-33)14-28-20(8-2)16(4)24(36-28)13-27(19)35-23;;;/h7,12-14H,1,8-11H2,2-6H3,(H5,35,36,37,38,39,40,41,42,43,44);;;/q;2*+1;+2/p-4. The molecule has 0 atom stereocenters. The summed E-state index contributed by atoms with van der Waals surface area (Å²) >= 11 is 0. The summed E-state index contributed by atoms with van der Waals surface area (Å²) in [5.74, 6) is -4.05. The van der Waals surface area contributed by atoms with E-state index in [1.54, 1.807) is 32.1 Å². The topological polar surface area (TPSA) is 172 Å². The number of aromatic carboxylic acids is 1. The molecular weight excluding hydrogens is 694 g/mol. The number of carbonyl (C=O) groups excluding carboxylic acids is 2. The van der Waals surface area contributed by atoms with Crippen LogP contribution in [0, 0.1) is 13.8 Å². The van der Waals surface area contributed by atoms with E-state index < -0.39 is 24.3 Å². The fraction of sp³-hybridized carbons (Fsp3) is 0.265. The van der Waals surface area contributed by atoms with Crippen molar-refractivity contribution in [3.63, 3.8) is 0 Å². The van der Waals surface area contributed by atoms with Crippen molar-refractivity contribution in [2.24, 2.45) is 0 Å². The number of hydrogen-bond donors (Lipinski definition) is 1. The third-order valence-electron chi connectivity index (χ3n) is 8.34. The Morgan fingerprint density at radius 1 is 0.872 bits per heavy atom. The molecule has 3 aromatic heterocycles. The van der Waals surface area contributed by atoms with Crippen LogP contribution in [0.2, 0.25) is 0 Å². The van der Waals surface area contributed by atoms with E-state index in [2.05, 4.69) is 11.6 Å². The number of carboxylic acid groups (broad SMARTS) is 3. The molecule has 0 amide bonds.